The van der Waals surface area contributed by atoms with E-state index in [4.69, 9.17) is 9.15 Å². The molecule has 1 spiro atoms. The van der Waals surface area contributed by atoms with E-state index in [1.807, 2.05) is 36.4 Å². The topological polar surface area (TPSA) is 91.9 Å². The summed E-state index contributed by atoms with van der Waals surface area (Å²) in [5.74, 6) is -0.223. The van der Waals surface area contributed by atoms with Crippen LogP contribution in [-0.2, 0) is 24.1 Å². The summed E-state index contributed by atoms with van der Waals surface area (Å²) in [6.07, 6.45) is 9.40. The number of ether oxygens (including phenoxy) is 1. The zero-order valence-electron chi connectivity index (χ0n) is 18.8. The van der Waals surface area contributed by atoms with Crippen LogP contribution in [0.25, 0.3) is 11.0 Å². The molecule has 7 heteroatoms. The van der Waals surface area contributed by atoms with Gasteiger partial charge in [-0.15, -0.1) is 0 Å². The molecule has 2 aliphatic rings. The van der Waals surface area contributed by atoms with Crippen molar-refractivity contribution >= 4 is 24.0 Å². The monoisotopic (exact) mass is 447 g/mol. The van der Waals surface area contributed by atoms with Gasteiger partial charge in [-0.25, -0.2) is 0 Å². The summed E-state index contributed by atoms with van der Waals surface area (Å²) in [5, 5.41) is 23.4. The van der Waals surface area contributed by atoms with Gasteiger partial charge >= 0.3 is 7.12 Å². The third-order valence-electron chi connectivity index (χ3n) is 7.22. The van der Waals surface area contributed by atoms with Crippen molar-refractivity contribution in [2.45, 2.75) is 57.3 Å². The number of furan rings is 1. The maximum absolute atomic E-state index is 12.7. The van der Waals surface area contributed by atoms with Crippen molar-refractivity contribution in [3.63, 3.8) is 0 Å². The summed E-state index contributed by atoms with van der Waals surface area (Å²) >= 11 is 0. The van der Waals surface area contributed by atoms with E-state index in [1.54, 1.807) is 6.26 Å². The second-order valence-corrected chi connectivity index (χ2v) is 9.69. The van der Waals surface area contributed by atoms with E-state index in [-0.39, 0.29) is 24.2 Å². The number of amides is 1. The number of rotatable bonds is 6. The van der Waals surface area contributed by atoms with Crippen LogP contribution in [0.1, 0.15) is 48.8 Å². The molecule has 0 bridgehead atoms. The van der Waals surface area contributed by atoms with E-state index < -0.39 is 13.1 Å². The van der Waals surface area contributed by atoms with Crippen LogP contribution in [-0.4, -0.2) is 35.6 Å². The lowest BCUT2D eigenvalue weighted by Crippen LogP contribution is -2.48. The van der Waals surface area contributed by atoms with Gasteiger partial charge < -0.3 is 24.5 Å². The molecular weight excluding hydrogens is 417 g/mol. The molecule has 5 rings (SSSR count). The minimum absolute atomic E-state index is 0.150. The second-order valence-electron chi connectivity index (χ2n) is 9.69. The summed E-state index contributed by atoms with van der Waals surface area (Å²) in [4.78, 5) is 12.7. The van der Waals surface area contributed by atoms with E-state index in [9.17, 15) is 14.8 Å². The SMILES string of the molecule is O=C(Cc1ccc2c(c1)OCC1(CCCCC1)C2)N[C@@H](Cc1coc2ccccc12)B(O)O. The number of benzene rings is 2. The number of carbonyl (C=O) groups is 1. The van der Waals surface area contributed by atoms with E-state index >= 15 is 0 Å². The van der Waals surface area contributed by atoms with Gasteiger partial charge in [0.25, 0.3) is 0 Å². The molecule has 2 heterocycles. The van der Waals surface area contributed by atoms with Gasteiger partial charge in [-0.2, -0.15) is 0 Å². The molecule has 6 nitrogen and oxygen atoms in total. The Morgan fingerprint density at radius 3 is 2.76 bits per heavy atom. The smallest absolute Gasteiger partial charge is 0.475 e. The number of fused-ring (bicyclic) bond motifs is 2. The number of hydrogen-bond acceptors (Lipinski definition) is 5. The third kappa shape index (κ3) is 4.80. The predicted octanol–water partition coefficient (Wildman–Crippen LogP) is 3.60. The van der Waals surface area contributed by atoms with Crippen molar-refractivity contribution in [2.75, 3.05) is 6.61 Å². The first-order valence-electron chi connectivity index (χ1n) is 11.9. The average Bonchev–Trinajstić information content (AvgIpc) is 3.22. The van der Waals surface area contributed by atoms with Gasteiger partial charge in [0.1, 0.15) is 11.3 Å². The Balaban J connectivity index is 1.23. The summed E-state index contributed by atoms with van der Waals surface area (Å²) in [6, 6.07) is 13.6. The highest BCUT2D eigenvalue weighted by atomic mass is 16.5. The van der Waals surface area contributed by atoms with Gasteiger partial charge in [-0.1, -0.05) is 49.6 Å². The molecule has 3 N–H and O–H groups in total. The molecule has 0 saturated heterocycles. The lowest BCUT2D eigenvalue weighted by atomic mass is 9.70. The summed E-state index contributed by atoms with van der Waals surface area (Å²) in [6.45, 7) is 0.757. The van der Waals surface area contributed by atoms with Gasteiger partial charge in [0, 0.05) is 10.8 Å². The fraction of sp³-hybridized carbons (Fsp3) is 0.423. The Morgan fingerprint density at radius 1 is 1.12 bits per heavy atom. The molecule has 2 aromatic carbocycles. The van der Waals surface area contributed by atoms with Crippen LogP contribution in [0.15, 0.2) is 53.1 Å². The van der Waals surface area contributed by atoms with Crippen LogP contribution in [0.5, 0.6) is 5.75 Å². The van der Waals surface area contributed by atoms with Crippen LogP contribution >= 0.6 is 0 Å². The maximum Gasteiger partial charge on any atom is 0.475 e. The van der Waals surface area contributed by atoms with Crippen LogP contribution in [0.2, 0.25) is 0 Å². The highest BCUT2D eigenvalue weighted by Crippen LogP contribution is 2.44. The van der Waals surface area contributed by atoms with E-state index in [2.05, 4.69) is 11.4 Å². The zero-order chi connectivity index (χ0) is 22.8. The average molecular weight is 447 g/mol. The molecule has 1 atom stereocenters. The van der Waals surface area contributed by atoms with Crippen LogP contribution < -0.4 is 10.1 Å². The van der Waals surface area contributed by atoms with Crippen molar-refractivity contribution < 1.29 is 24.0 Å². The molecule has 33 heavy (non-hydrogen) atoms. The van der Waals surface area contributed by atoms with Crippen molar-refractivity contribution in [1.29, 1.82) is 0 Å². The molecule has 1 fully saturated rings. The van der Waals surface area contributed by atoms with E-state index in [0.29, 0.717) is 0 Å². The summed E-state index contributed by atoms with van der Waals surface area (Å²) < 4.78 is 11.7. The predicted molar refractivity (Wildman–Crippen MR) is 127 cm³/mol. The normalized spacial score (nSPS) is 17.9. The highest BCUT2D eigenvalue weighted by Gasteiger charge is 2.37. The van der Waals surface area contributed by atoms with Crippen LogP contribution in [0.3, 0.4) is 0 Å². The second kappa shape index (κ2) is 9.24. The number of para-hydroxylation sites is 1. The Bertz CT molecular complexity index is 1130. The lowest BCUT2D eigenvalue weighted by molar-refractivity contribution is -0.120. The lowest BCUT2D eigenvalue weighted by Gasteiger charge is -2.41. The van der Waals surface area contributed by atoms with Gasteiger partial charge in [-0.3, -0.25) is 4.79 Å². The highest BCUT2D eigenvalue weighted by molar-refractivity contribution is 6.43. The molecule has 1 aromatic heterocycles. The van der Waals surface area contributed by atoms with E-state index in [0.717, 1.165) is 40.9 Å². The molecule has 1 aliphatic carbocycles. The number of carbonyl (C=O) groups excluding carboxylic acids is 1. The quantitative estimate of drug-likeness (QED) is 0.503. The van der Waals surface area contributed by atoms with E-state index in [1.165, 1.54) is 37.7 Å². The van der Waals surface area contributed by atoms with Gasteiger partial charge in [-0.05, 0) is 54.5 Å². The first-order valence-corrected chi connectivity index (χ1v) is 11.9. The minimum Gasteiger partial charge on any atom is -0.493 e. The zero-order valence-corrected chi connectivity index (χ0v) is 18.8. The summed E-state index contributed by atoms with van der Waals surface area (Å²) in [5.41, 5.74) is 3.91. The fourth-order valence-electron chi connectivity index (χ4n) is 5.40. The number of nitrogens with one attached hydrogen (secondary N) is 1. The van der Waals surface area contributed by atoms with Crippen LogP contribution in [0, 0.1) is 5.41 Å². The molecule has 0 radical (unpaired) electrons. The summed E-state index contributed by atoms with van der Waals surface area (Å²) in [7, 11) is -1.68. The van der Waals surface area contributed by atoms with Gasteiger partial charge in [0.2, 0.25) is 5.91 Å². The van der Waals surface area contributed by atoms with Crippen molar-refractivity contribution in [1.82, 2.24) is 5.32 Å². The largest absolute Gasteiger partial charge is 0.493 e. The Morgan fingerprint density at radius 2 is 1.94 bits per heavy atom. The standard InChI is InChI=1S/C26H30BNO5/c29-25(28-24(27(30)31)14-20-16-32-22-7-3-2-6-21(20)22)13-18-8-9-19-15-26(10-4-1-5-11-26)17-33-23(19)12-18/h2-3,6-9,12,16,24,30-31H,1,4-5,10-11,13-15,17H2,(H,28,29)/t24-/m0/s1. The first-order chi connectivity index (χ1) is 16.0. The molecule has 0 unspecified atom stereocenters. The van der Waals surface area contributed by atoms with Crippen molar-refractivity contribution in [3.8, 4) is 5.75 Å². The van der Waals surface area contributed by atoms with Crippen molar-refractivity contribution in [2.24, 2.45) is 5.41 Å². The fourth-order valence-corrected chi connectivity index (χ4v) is 5.40. The van der Waals surface area contributed by atoms with Gasteiger partial charge in [0.05, 0.1) is 25.2 Å². The Labute approximate surface area is 194 Å². The van der Waals surface area contributed by atoms with Crippen LogP contribution in [0.4, 0.5) is 0 Å². The van der Waals surface area contributed by atoms with Gasteiger partial charge in [0.15, 0.2) is 0 Å². The third-order valence-corrected chi connectivity index (χ3v) is 7.22. The minimum atomic E-state index is -1.68. The maximum atomic E-state index is 12.7. The molecule has 1 amide bonds. The molecule has 3 aromatic rings. The molecule has 1 aliphatic heterocycles. The molecule has 1 saturated carbocycles. The molecular formula is C26H30BNO5. The Kier molecular flexibility index (Phi) is 6.17. The Hall–Kier alpha value is -2.77. The van der Waals surface area contributed by atoms with Crippen molar-refractivity contribution in [3.05, 3.63) is 65.4 Å². The first kappa shape index (κ1) is 22.0. The number of hydrogen-bond donors (Lipinski definition) is 3. The molecule has 172 valence electrons.